The van der Waals surface area contributed by atoms with Gasteiger partial charge in [0.1, 0.15) is 12.2 Å². The van der Waals surface area contributed by atoms with Crippen molar-refractivity contribution < 1.29 is 30.0 Å². The maximum absolute atomic E-state index is 11.6. The number of aliphatic hydroxyl groups is 3. The number of carbonyl (C=O) groups is 1. The molecule has 1 aliphatic heterocycles. The Balaban J connectivity index is 2.18. The number of nitrogens with zero attached hydrogens (tertiary/aromatic N) is 3. The number of nitrogens with one attached hydrogen (secondary N) is 1. The van der Waals surface area contributed by atoms with Gasteiger partial charge in [-0.25, -0.2) is 14.8 Å². The van der Waals surface area contributed by atoms with Crippen molar-refractivity contribution in [3.8, 4) is 0 Å². The summed E-state index contributed by atoms with van der Waals surface area (Å²) in [5.41, 5.74) is -3.40. The summed E-state index contributed by atoms with van der Waals surface area (Å²) in [6.07, 6.45) is -2.66. The zero-order valence-corrected chi connectivity index (χ0v) is 10.9. The Hall–Kier alpha value is -2.34. The number of carboxylic acids is 1. The topological polar surface area (TPSA) is 171 Å². The first-order valence-electron chi connectivity index (χ1n) is 6.21. The van der Waals surface area contributed by atoms with Crippen LogP contribution in [0.25, 0.3) is 11.2 Å². The third kappa shape index (κ3) is 1.77. The maximum Gasteiger partial charge on any atom is 0.343 e. The highest BCUT2D eigenvalue weighted by Gasteiger charge is 2.61. The van der Waals surface area contributed by atoms with Crippen molar-refractivity contribution in [3.05, 3.63) is 23.0 Å². The summed E-state index contributed by atoms with van der Waals surface area (Å²) >= 11 is 0. The van der Waals surface area contributed by atoms with Crippen LogP contribution in [0.15, 0.2) is 17.4 Å². The molecule has 4 atom stereocenters. The molecule has 11 heteroatoms. The minimum Gasteiger partial charge on any atom is -0.479 e. The molecule has 0 radical (unpaired) electrons. The van der Waals surface area contributed by atoms with Crippen LogP contribution in [-0.2, 0) is 9.53 Å². The lowest BCUT2D eigenvalue weighted by molar-refractivity contribution is -0.179. The predicted octanol–water partition coefficient (Wildman–Crippen LogP) is -2.81. The van der Waals surface area contributed by atoms with E-state index >= 15 is 0 Å². The molecule has 2 aromatic rings. The molecule has 22 heavy (non-hydrogen) atoms. The molecular weight excluding hydrogens is 300 g/mol. The highest BCUT2D eigenvalue weighted by atomic mass is 16.6. The monoisotopic (exact) mass is 312 g/mol. The van der Waals surface area contributed by atoms with Gasteiger partial charge in [-0.05, 0) is 0 Å². The largest absolute Gasteiger partial charge is 0.479 e. The molecule has 0 amide bonds. The standard InChI is InChI=1S/C11H12N4O7/c16-1-4-6(17)11(21,10(19)20)9(22-4)15-3-14-5-7(15)12-2-13-8(5)18/h2-4,6,9,16-17,21H,1H2,(H,19,20)(H,12,13,18)/t4-,6-,9-,11-/m1/s1. The summed E-state index contributed by atoms with van der Waals surface area (Å²) in [5.74, 6) is -1.74. The molecule has 0 spiro atoms. The van der Waals surface area contributed by atoms with E-state index in [0.29, 0.717) is 0 Å². The van der Waals surface area contributed by atoms with Crippen LogP contribution in [0.4, 0.5) is 0 Å². The summed E-state index contributed by atoms with van der Waals surface area (Å²) in [6.45, 7) is -0.700. The first-order chi connectivity index (χ1) is 10.4. The third-order valence-corrected chi connectivity index (χ3v) is 3.62. The van der Waals surface area contributed by atoms with E-state index in [0.717, 1.165) is 17.2 Å². The van der Waals surface area contributed by atoms with Gasteiger partial charge in [-0.15, -0.1) is 0 Å². The number of aromatic amines is 1. The Morgan fingerprint density at radius 1 is 1.50 bits per heavy atom. The van der Waals surface area contributed by atoms with Gasteiger partial charge in [0.25, 0.3) is 5.56 Å². The zero-order chi connectivity index (χ0) is 16.1. The van der Waals surface area contributed by atoms with Crippen molar-refractivity contribution in [1.29, 1.82) is 0 Å². The molecule has 3 rings (SSSR count). The summed E-state index contributed by atoms with van der Waals surface area (Å²) in [7, 11) is 0. The number of aliphatic hydroxyl groups excluding tert-OH is 2. The minimum absolute atomic E-state index is 0.0285. The Labute approximate surface area is 121 Å². The lowest BCUT2D eigenvalue weighted by atomic mass is 9.94. The summed E-state index contributed by atoms with van der Waals surface area (Å²) in [5, 5.41) is 38.7. The van der Waals surface area contributed by atoms with Crippen LogP contribution in [0.1, 0.15) is 6.23 Å². The normalized spacial score (nSPS) is 31.7. The minimum atomic E-state index is -2.73. The molecule has 1 fully saturated rings. The highest BCUT2D eigenvalue weighted by molar-refractivity contribution is 5.80. The molecular formula is C11H12N4O7. The molecule has 3 heterocycles. The molecule has 0 aromatic carbocycles. The lowest BCUT2D eigenvalue weighted by Gasteiger charge is -2.26. The predicted molar refractivity (Wildman–Crippen MR) is 67.7 cm³/mol. The van der Waals surface area contributed by atoms with Crippen molar-refractivity contribution in [1.82, 2.24) is 19.5 Å². The number of fused-ring (bicyclic) bond motifs is 1. The van der Waals surface area contributed by atoms with Gasteiger partial charge in [0.2, 0.25) is 5.60 Å². The van der Waals surface area contributed by atoms with E-state index in [1.54, 1.807) is 0 Å². The van der Waals surface area contributed by atoms with Gasteiger partial charge < -0.3 is 30.1 Å². The average Bonchev–Trinajstić information content (AvgIpc) is 3.01. The molecule has 0 bridgehead atoms. The smallest absolute Gasteiger partial charge is 0.343 e. The molecule has 0 aliphatic carbocycles. The average molecular weight is 312 g/mol. The zero-order valence-electron chi connectivity index (χ0n) is 10.9. The van der Waals surface area contributed by atoms with E-state index in [1.807, 2.05) is 0 Å². The second-order valence-corrected chi connectivity index (χ2v) is 4.84. The van der Waals surface area contributed by atoms with Crippen molar-refractivity contribution in [2.75, 3.05) is 6.61 Å². The van der Waals surface area contributed by atoms with Crippen LogP contribution in [0.3, 0.4) is 0 Å². The van der Waals surface area contributed by atoms with E-state index in [-0.39, 0.29) is 11.2 Å². The van der Waals surface area contributed by atoms with E-state index in [4.69, 9.17) is 9.84 Å². The number of H-pyrrole nitrogens is 1. The number of aliphatic carboxylic acids is 1. The van der Waals surface area contributed by atoms with E-state index in [9.17, 15) is 24.9 Å². The van der Waals surface area contributed by atoms with E-state index in [1.165, 1.54) is 0 Å². The number of aromatic nitrogens is 4. The molecule has 1 aliphatic rings. The number of hydrogen-bond acceptors (Lipinski definition) is 8. The van der Waals surface area contributed by atoms with Crippen molar-refractivity contribution in [3.63, 3.8) is 0 Å². The summed E-state index contributed by atoms with van der Waals surface area (Å²) in [6, 6.07) is 0. The van der Waals surface area contributed by atoms with Gasteiger partial charge in [0, 0.05) is 0 Å². The number of imidazole rings is 1. The Morgan fingerprint density at radius 3 is 2.86 bits per heavy atom. The summed E-state index contributed by atoms with van der Waals surface area (Å²) < 4.78 is 6.26. The van der Waals surface area contributed by atoms with Crippen LogP contribution in [0.2, 0.25) is 0 Å². The van der Waals surface area contributed by atoms with E-state index in [2.05, 4.69) is 15.0 Å². The number of hydrogen-bond donors (Lipinski definition) is 5. The quantitative estimate of drug-likeness (QED) is 0.401. The highest BCUT2D eigenvalue weighted by Crippen LogP contribution is 2.39. The fraction of sp³-hybridized carbons (Fsp3) is 0.455. The Kier molecular flexibility index (Phi) is 3.21. The molecule has 0 unspecified atom stereocenters. The van der Waals surface area contributed by atoms with Crippen LogP contribution < -0.4 is 5.56 Å². The molecule has 2 aromatic heterocycles. The fourth-order valence-electron chi connectivity index (χ4n) is 2.46. The van der Waals surface area contributed by atoms with Crippen LogP contribution in [0.5, 0.6) is 0 Å². The van der Waals surface area contributed by atoms with Crippen molar-refractivity contribution in [2.24, 2.45) is 0 Å². The van der Waals surface area contributed by atoms with Gasteiger partial charge in [-0.3, -0.25) is 9.36 Å². The fourth-order valence-corrected chi connectivity index (χ4v) is 2.46. The van der Waals surface area contributed by atoms with Crippen LogP contribution >= 0.6 is 0 Å². The molecule has 5 N–H and O–H groups in total. The lowest BCUT2D eigenvalue weighted by Crippen LogP contribution is -2.53. The van der Waals surface area contributed by atoms with Gasteiger partial charge in [-0.2, -0.15) is 0 Å². The molecule has 1 saturated heterocycles. The van der Waals surface area contributed by atoms with Crippen LogP contribution in [-0.4, -0.2) is 70.3 Å². The van der Waals surface area contributed by atoms with Crippen LogP contribution in [0, 0.1) is 0 Å². The van der Waals surface area contributed by atoms with E-state index < -0.39 is 42.2 Å². The number of carboxylic acid groups (broad SMARTS) is 1. The first-order valence-corrected chi connectivity index (χ1v) is 6.21. The molecule has 118 valence electrons. The Bertz CT molecular complexity index is 786. The van der Waals surface area contributed by atoms with Gasteiger partial charge in [0.15, 0.2) is 17.4 Å². The van der Waals surface area contributed by atoms with Gasteiger partial charge >= 0.3 is 5.97 Å². The number of rotatable bonds is 3. The molecule has 11 nitrogen and oxygen atoms in total. The first kappa shape index (κ1) is 14.6. The number of ether oxygens (including phenoxy) is 1. The second kappa shape index (κ2) is 4.84. The summed E-state index contributed by atoms with van der Waals surface area (Å²) in [4.78, 5) is 33.0. The molecule has 0 saturated carbocycles. The second-order valence-electron chi connectivity index (χ2n) is 4.84. The van der Waals surface area contributed by atoms with Gasteiger partial charge in [-0.1, -0.05) is 0 Å². The van der Waals surface area contributed by atoms with Gasteiger partial charge in [0.05, 0.1) is 19.3 Å². The third-order valence-electron chi connectivity index (χ3n) is 3.62. The van der Waals surface area contributed by atoms with Crippen molar-refractivity contribution >= 4 is 17.1 Å². The SMILES string of the molecule is O=C(O)[C@@]1(O)[C@H](O)[C@@H](CO)O[C@H]1n1cnc2c(=O)[nH]cnc21. The maximum atomic E-state index is 11.6. The van der Waals surface area contributed by atoms with Crippen molar-refractivity contribution in [2.45, 2.75) is 24.0 Å². The Morgan fingerprint density at radius 2 is 2.23 bits per heavy atom.